The molecule has 13 heteroatoms. The Kier molecular flexibility index (Phi) is 7.19. The Morgan fingerprint density at radius 3 is 2.77 bits per heavy atom. The van der Waals surface area contributed by atoms with E-state index in [2.05, 4.69) is 20.0 Å². The van der Waals surface area contributed by atoms with Crippen molar-refractivity contribution < 1.29 is 40.2 Å². The number of carbonyl (C=O) groups excluding carboxylic acids is 1. The quantitative estimate of drug-likeness (QED) is 0.344. The van der Waals surface area contributed by atoms with Crippen molar-refractivity contribution in [3.05, 3.63) is 83.4 Å². The van der Waals surface area contributed by atoms with Gasteiger partial charge >= 0.3 is 6.61 Å². The summed E-state index contributed by atoms with van der Waals surface area (Å²) in [6.07, 6.45) is 1.53. The van der Waals surface area contributed by atoms with Crippen LogP contribution in [0.4, 0.5) is 17.6 Å². The van der Waals surface area contributed by atoms with Crippen molar-refractivity contribution in [2.24, 2.45) is 0 Å². The number of fused-ring (bicyclic) bond motifs is 2. The van der Waals surface area contributed by atoms with Gasteiger partial charge in [0.15, 0.2) is 0 Å². The van der Waals surface area contributed by atoms with Crippen LogP contribution in [-0.2, 0) is 27.7 Å². The van der Waals surface area contributed by atoms with Crippen LogP contribution in [0.25, 0.3) is 22.2 Å². The normalized spacial score (nSPS) is 16.5. The number of carbonyl (C=O) groups is 1. The van der Waals surface area contributed by atoms with Crippen LogP contribution in [0.1, 0.15) is 21.6 Å². The van der Waals surface area contributed by atoms with Crippen molar-refractivity contribution >= 4 is 26.6 Å². The van der Waals surface area contributed by atoms with Gasteiger partial charge in [-0.2, -0.15) is 8.78 Å². The predicted molar refractivity (Wildman–Crippen MR) is 131 cm³/mol. The van der Waals surface area contributed by atoms with Gasteiger partial charge < -0.3 is 14.8 Å². The second kappa shape index (κ2) is 10.6. The highest BCUT2D eigenvalue weighted by Crippen LogP contribution is 2.30. The zero-order valence-corrected chi connectivity index (χ0v) is 20.7. The van der Waals surface area contributed by atoms with Gasteiger partial charge in [0.1, 0.15) is 11.6 Å². The van der Waals surface area contributed by atoms with Crippen LogP contribution in [0.2, 0.25) is 0 Å². The minimum Gasteiger partial charge on any atom is -0.435 e. The van der Waals surface area contributed by atoms with Gasteiger partial charge in [-0.3, -0.25) is 9.78 Å². The second-order valence-electron chi connectivity index (χ2n) is 8.56. The maximum Gasteiger partial charge on any atom is 0.387 e. The first-order chi connectivity index (χ1) is 18.6. The Balaban J connectivity index is 1.36. The molecule has 1 amide bonds. The van der Waals surface area contributed by atoms with Gasteiger partial charge in [0.25, 0.3) is 5.91 Å². The number of hydrogen-bond donors (Lipinski definition) is 1. The first-order valence-electron chi connectivity index (χ1n) is 11.5. The number of halogens is 4. The molecule has 1 aliphatic rings. The van der Waals surface area contributed by atoms with E-state index in [0.717, 1.165) is 12.1 Å². The third-order valence-corrected chi connectivity index (χ3v) is 7.76. The summed E-state index contributed by atoms with van der Waals surface area (Å²) in [6, 6.07) is 12.9. The molecule has 1 atom stereocenters. The van der Waals surface area contributed by atoms with E-state index in [1.54, 1.807) is 30.3 Å². The smallest absolute Gasteiger partial charge is 0.387 e. The number of amides is 1. The topological polar surface area (TPSA) is 107 Å². The van der Waals surface area contributed by atoms with E-state index in [1.165, 1.54) is 18.3 Å². The zero-order valence-electron chi connectivity index (χ0n) is 19.9. The van der Waals surface area contributed by atoms with E-state index in [0.29, 0.717) is 27.9 Å². The lowest BCUT2D eigenvalue weighted by molar-refractivity contribution is -0.0498. The Morgan fingerprint density at radius 2 is 1.97 bits per heavy atom. The summed E-state index contributed by atoms with van der Waals surface area (Å²) in [6.45, 7) is -4.26. The average Bonchev–Trinajstić information content (AvgIpc) is 3.02. The van der Waals surface area contributed by atoms with Crippen LogP contribution in [0.3, 0.4) is 0 Å². The monoisotopic (exact) mass is 561 g/mol. The number of alkyl halides is 3. The van der Waals surface area contributed by atoms with E-state index < -0.39 is 51.8 Å². The summed E-state index contributed by atoms with van der Waals surface area (Å²) < 4.78 is 88.1. The van der Waals surface area contributed by atoms with Crippen molar-refractivity contribution in [3.8, 4) is 17.0 Å². The highest BCUT2D eigenvalue weighted by Gasteiger charge is 2.35. The molecule has 39 heavy (non-hydrogen) atoms. The molecule has 3 heterocycles. The summed E-state index contributed by atoms with van der Waals surface area (Å²) in [5, 5.41) is 3.21. The lowest BCUT2D eigenvalue weighted by atomic mass is 10.1. The summed E-state index contributed by atoms with van der Waals surface area (Å²) in [4.78, 5) is 20.9. The maximum absolute atomic E-state index is 14.6. The lowest BCUT2D eigenvalue weighted by Gasteiger charge is -2.11. The van der Waals surface area contributed by atoms with Crippen molar-refractivity contribution in [2.45, 2.75) is 30.2 Å². The minimum atomic E-state index is -4.54. The van der Waals surface area contributed by atoms with Gasteiger partial charge in [0.05, 0.1) is 41.6 Å². The standard InChI is InChI=1S/C26H19F4N3O5S/c27-20-7-16(8-23-19(20)12-37-13-24(28)39(23,35)36)25(34)32-11-17-9-22-15(10-31-17)4-5-21(33-22)14-2-1-3-18(6-14)38-26(29)30/h1-10,24,26H,11-13H2,(H,32,34). The number of nitrogens with one attached hydrogen (secondary N) is 1. The van der Waals surface area contributed by atoms with Gasteiger partial charge in [-0.1, -0.05) is 12.1 Å². The molecule has 2 aromatic carbocycles. The molecule has 0 fully saturated rings. The Morgan fingerprint density at radius 1 is 1.15 bits per heavy atom. The molecule has 2 aromatic heterocycles. The molecule has 8 nitrogen and oxygen atoms in total. The first kappa shape index (κ1) is 26.5. The molecule has 0 bridgehead atoms. The molecule has 0 saturated heterocycles. The summed E-state index contributed by atoms with van der Waals surface area (Å²) in [5.41, 5.74) is -1.11. The number of ether oxygens (including phenoxy) is 2. The van der Waals surface area contributed by atoms with Crippen molar-refractivity contribution in [1.29, 1.82) is 0 Å². The second-order valence-corrected chi connectivity index (χ2v) is 10.6. The van der Waals surface area contributed by atoms with E-state index in [1.807, 2.05) is 0 Å². The summed E-state index contributed by atoms with van der Waals surface area (Å²) >= 11 is 0. The molecule has 5 rings (SSSR count). The molecule has 0 aliphatic carbocycles. The number of hydrogen-bond acceptors (Lipinski definition) is 7. The van der Waals surface area contributed by atoms with Gasteiger partial charge in [-0.15, -0.1) is 0 Å². The van der Waals surface area contributed by atoms with Gasteiger partial charge in [0.2, 0.25) is 15.3 Å². The van der Waals surface area contributed by atoms with Crippen LogP contribution in [0, 0.1) is 5.82 Å². The Hall–Kier alpha value is -4.10. The molecule has 4 aromatic rings. The Bertz CT molecular complexity index is 1680. The third-order valence-electron chi connectivity index (χ3n) is 5.97. The van der Waals surface area contributed by atoms with Gasteiger partial charge in [-0.05, 0) is 42.5 Å². The largest absolute Gasteiger partial charge is 0.435 e. The highest BCUT2D eigenvalue weighted by atomic mass is 32.2. The fourth-order valence-electron chi connectivity index (χ4n) is 4.04. The molecule has 0 spiro atoms. The maximum atomic E-state index is 14.6. The molecular weight excluding hydrogens is 542 g/mol. The number of sulfone groups is 1. The summed E-state index contributed by atoms with van der Waals surface area (Å²) in [7, 11) is -4.54. The fourth-order valence-corrected chi connectivity index (χ4v) is 5.38. The molecule has 1 aliphatic heterocycles. The molecule has 0 radical (unpaired) electrons. The number of nitrogens with zero attached hydrogens (tertiary/aromatic N) is 2. The molecular formula is C26H19F4N3O5S. The lowest BCUT2D eigenvalue weighted by Crippen LogP contribution is -2.25. The number of aromatic nitrogens is 2. The predicted octanol–water partition coefficient (Wildman–Crippen LogP) is 4.57. The first-order valence-corrected chi connectivity index (χ1v) is 13.0. The van der Waals surface area contributed by atoms with E-state index in [4.69, 9.17) is 4.74 Å². The van der Waals surface area contributed by atoms with Crippen LogP contribution < -0.4 is 10.1 Å². The van der Waals surface area contributed by atoms with Gasteiger partial charge in [0, 0.05) is 28.3 Å². The molecule has 202 valence electrons. The Labute approximate surface area is 219 Å². The van der Waals surface area contributed by atoms with Crippen molar-refractivity contribution in [1.82, 2.24) is 15.3 Å². The van der Waals surface area contributed by atoms with Crippen LogP contribution >= 0.6 is 0 Å². The molecule has 1 unspecified atom stereocenters. The third kappa shape index (κ3) is 5.54. The number of benzene rings is 2. The summed E-state index contributed by atoms with van der Waals surface area (Å²) in [5.74, 6) is -1.81. The van der Waals surface area contributed by atoms with E-state index in [-0.39, 0.29) is 23.4 Å². The molecule has 1 N–H and O–H groups in total. The van der Waals surface area contributed by atoms with Crippen LogP contribution in [-0.4, -0.2) is 43.0 Å². The highest BCUT2D eigenvalue weighted by molar-refractivity contribution is 7.92. The van der Waals surface area contributed by atoms with Crippen molar-refractivity contribution in [3.63, 3.8) is 0 Å². The SMILES string of the molecule is O=C(NCc1cc2nc(-c3cccc(OC(F)F)c3)ccc2cn1)c1cc(F)c2c(c1)S(=O)(=O)C(F)COC2. The van der Waals surface area contributed by atoms with E-state index in [9.17, 15) is 30.8 Å². The van der Waals surface area contributed by atoms with Crippen LogP contribution in [0.5, 0.6) is 5.75 Å². The average molecular weight is 562 g/mol. The van der Waals surface area contributed by atoms with Gasteiger partial charge in [-0.25, -0.2) is 22.2 Å². The molecule has 0 saturated carbocycles. The number of pyridine rings is 2. The minimum absolute atomic E-state index is 0.0147. The van der Waals surface area contributed by atoms with Crippen LogP contribution in [0.15, 0.2) is 65.7 Å². The number of rotatable bonds is 6. The zero-order chi connectivity index (χ0) is 27.7. The van der Waals surface area contributed by atoms with Crippen molar-refractivity contribution in [2.75, 3.05) is 6.61 Å². The fraction of sp³-hybridized carbons (Fsp3) is 0.192. The van der Waals surface area contributed by atoms with E-state index >= 15 is 0 Å².